The third-order valence-corrected chi connectivity index (χ3v) is 2.00. The molecule has 68 valence electrons. The Morgan fingerprint density at radius 3 is 2.62 bits per heavy atom. The maximum Gasteiger partial charge on any atom is 0.162 e. The zero-order valence-corrected chi connectivity index (χ0v) is 7.56. The molecule has 0 bridgehead atoms. The first-order valence-corrected chi connectivity index (χ1v) is 3.90. The number of carbonyl (C=O) groups is 2. The maximum atomic E-state index is 13.2. The van der Waals surface area contributed by atoms with Gasteiger partial charge in [0.05, 0.1) is 10.6 Å². The molecule has 1 aromatic rings. The highest BCUT2D eigenvalue weighted by atomic mass is 35.5. The van der Waals surface area contributed by atoms with E-state index in [0.29, 0.717) is 6.29 Å². The highest BCUT2D eigenvalue weighted by molar-refractivity contribution is 6.33. The third-order valence-electron chi connectivity index (χ3n) is 1.62. The fraction of sp³-hybridized carbons (Fsp3) is 0.111. The van der Waals surface area contributed by atoms with Gasteiger partial charge in [-0.3, -0.25) is 9.59 Å². The van der Waals surface area contributed by atoms with E-state index >= 15 is 0 Å². The van der Waals surface area contributed by atoms with Gasteiger partial charge in [0.25, 0.3) is 0 Å². The lowest BCUT2D eigenvalue weighted by atomic mass is 10.1. The van der Waals surface area contributed by atoms with Crippen molar-refractivity contribution in [2.75, 3.05) is 0 Å². The number of hydrogen-bond acceptors (Lipinski definition) is 2. The number of rotatable bonds is 2. The second kappa shape index (κ2) is 3.66. The van der Waals surface area contributed by atoms with Crippen LogP contribution in [0.2, 0.25) is 5.02 Å². The van der Waals surface area contributed by atoms with Gasteiger partial charge in [-0.15, -0.1) is 0 Å². The molecule has 0 radical (unpaired) electrons. The van der Waals surface area contributed by atoms with Crippen LogP contribution in [0.5, 0.6) is 0 Å². The predicted molar refractivity (Wildman–Crippen MR) is 46.8 cm³/mol. The van der Waals surface area contributed by atoms with E-state index in [1.165, 1.54) is 19.1 Å². The first-order chi connectivity index (χ1) is 6.07. The Labute approximate surface area is 79.3 Å². The molecule has 0 aliphatic rings. The molecule has 2 nitrogen and oxygen atoms in total. The summed E-state index contributed by atoms with van der Waals surface area (Å²) < 4.78 is 13.2. The molecule has 0 unspecified atom stereocenters. The van der Waals surface area contributed by atoms with Gasteiger partial charge in [-0.2, -0.15) is 0 Å². The molecular weight excluding hydrogens is 195 g/mol. The number of carbonyl (C=O) groups excluding carboxylic acids is 2. The zero-order chi connectivity index (χ0) is 10.0. The molecule has 0 aliphatic heterocycles. The van der Waals surface area contributed by atoms with E-state index in [-0.39, 0.29) is 16.1 Å². The van der Waals surface area contributed by atoms with Gasteiger partial charge in [-0.1, -0.05) is 11.6 Å². The Morgan fingerprint density at radius 1 is 1.54 bits per heavy atom. The van der Waals surface area contributed by atoms with Crippen LogP contribution in [0.25, 0.3) is 0 Å². The lowest BCUT2D eigenvalue weighted by Gasteiger charge is -2.01. The quantitative estimate of drug-likeness (QED) is 0.543. The zero-order valence-electron chi connectivity index (χ0n) is 6.80. The first kappa shape index (κ1) is 9.86. The average molecular weight is 201 g/mol. The van der Waals surface area contributed by atoms with Crippen molar-refractivity contribution in [3.05, 3.63) is 34.1 Å². The SMILES string of the molecule is CC(=O)c1ccc(C=O)c(Cl)c1F. The molecular formula is C9H6ClFO2. The first-order valence-electron chi connectivity index (χ1n) is 3.52. The summed E-state index contributed by atoms with van der Waals surface area (Å²) in [6.45, 7) is 1.23. The third kappa shape index (κ3) is 1.75. The lowest BCUT2D eigenvalue weighted by molar-refractivity contribution is 0.101. The van der Waals surface area contributed by atoms with Gasteiger partial charge in [0, 0.05) is 5.56 Å². The fourth-order valence-electron chi connectivity index (χ4n) is 0.927. The molecule has 0 saturated carbocycles. The number of benzene rings is 1. The summed E-state index contributed by atoms with van der Waals surface area (Å²) in [6, 6.07) is 2.56. The van der Waals surface area contributed by atoms with E-state index in [2.05, 4.69) is 0 Å². The van der Waals surface area contributed by atoms with Gasteiger partial charge < -0.3 is 0 Å². The molecule has 13 heavy (non-hydrogen) atoms. The van der Waals surface area contributed by atoms with Gasteiger partial charge in [-0.05, 0) is 19.1 Å². The van der Waals surface area contributed by atoms with Gasteiger partial charge in [-0.25, -0.2) is 4.39 Å². The van der Waals surface area contributed by atoms with Crippen molar-refractivity contribution in [3.8, 4) is 0 Å². The summed E-state index contributed by atoms with van der Waals surface area (Å²) in [7, 11) is 0. The van der Waals surface area contributed by atoms with Crippen molar-refractivity contribution in [1.29, 1.82) is 0 Å². The van der Waals surface area contributed by atoms with E-state index in [0.717, 1.165) is 0 Å². The number of halogens is 2. The van der Waals surface area contributed by atoms with Crippen LogP contribution < -0.4 is 0 Å². The molecule has 0 spiro atoms. The van der Waals surface area contributed by atoms with Crippen molar-refractivity contribution in [2.24, 2.45) is 0 Å². The summed E-state index contributed by atoms with van der Waals surface area (Å²) in [6.07, 6.45) is 0.440. The topological polar surface area (TPSA) is 34.1 Å². The smallest absolute Gasteiger partial charge is 0.162 e. The Kier molecular flexibility index (Phi) is 2.78. The number of aldehydes is 1. The molecule has 1 aromatic carbocycles. The van der Waals surface area contributed by atoms with Gasteiger partial charge in [0.1, 0.15) is 0 Å². The molecule has 0 aliphatic carbocycles. The van der Waals surface area contributed by atoms with Gasteiger partial charge >= 0.3 is 0 Å². The van der Waals surface area contributed by atoms with Crippen LogP contribution >= 0.6 is 11.6 Å². The highest BCUT2D eigenvalue weighted by Crippen LogP contribution is 2.22. The van der Waals surface area contributed by atoms with Crippen LogP contribution in [0.1, 0.15) is 27.6 Å². The summed E-state index contributed by atoms with van der Waals surface area (Å²) in [5.74, 6) is -1.25. The van der Waals surface area contributed by atoms with Crippen LogP contribution in [-0.4, -0.2) is 12.1 Å². The van der Waals surface area contributed by atoms with Crippen LogP contribution in [-0.2, 0) is 0 Å². The Morgan fingerprint density at radius 2 is 2.15 bits per heavy atom. The van der Waals surface area contributed by atoms with Gasteiger partial charge in [0.15, 0.2) is 17.9 Å². The van der Waals surface area contributed by atoms with E-state index in [9.17, 15) is 14.0 Å². The van der Waals surface area contributed by atoms with E-state index in [1.807, 2.05) is 0 Å². The number of Topliss-reactive ketones (excluding diaryl/α,β-unsaturated/α-hetero) is 1. The summed E-state index contributed by atoms with van der Waals surface area (Å²) in [5.41, 5.74) is -0.0558. The van der Waals surface area contributed by atoms with E-state index < -0.39 is 11.6 Å². The molecule has 0 saturated heterocycles. The second-order valence-corrected chi connectivity index (χ2v) is 2.88. The molecule has 0 amide bonds. The standard InChI is InChI=1S/C9H6ClFO2/c1-5(13)7-3-2-6(4-12)8(10)9(7)11/h2-4H,1H3. The molecule has 0 heterocycles. The van der Waals surface area contributed by atoms with Crippen LogP contribution in [0.3, 0.4) is 0 Å². The molecule has 0 N–H and O–H groups in total. The lowest BCUT2D eigenvalue weighted by Crippen LogP contribution is -1.99. The average Bonchev–Trinajstić information content (AvgIpc) is 2.09. The molecule has 0 fully saturated rings. The summed E-state index contributed by atoms with van der Waals surface area (Å²) in [5, 5.41) is -0.303. The predicted octanol–water partition coefficient (Wildman–Crippen LogP) is 2.49. The number of ketones is 1. The Balaban J connectivity index is 3.39. The Bertz CT molecular complexity index is 374. The number of hydrogen-bond donors (Lipinski definition) is 0. The monoisotopic (exact) mass is 200 g/mol. The summed E-state index contributed by atoms with van der Waals surface area (Å²) in [4.78, 5) is 21.2. The fourth-order valence-corrected chi connectivity index (χ4v) is 1.14. The minimum Gasteiger partial charge on any atom is -0.298 e. The van der Waals surface area contributed by atoms with Crippen molar-refractivity contribution in [1.82, 2.24) is 0 Å². The van der Waals surface area contributed by atoms with Crippen molar-refractivity contribution in [2.45, 2.75) is 6.92 Å². The van der Waals surface area contributed by atoms with Gasteiger partial charge in [0.2, 0.25) is 0 Å². The molecule has 4 heteroatoms. The van der Waals surface area contributed by atoms with E-state index in [1.54, 1.807) is 0 Å². The van der Waals surface area contributed by atoms with Crippen LogP contribution in [0.4, 0.5) is 4.39 Å². The highest BCUT2D eigenvalue weighted by Gasteiger charge is 2.13. The van der Waals surface area contributed by atoms with Crippen molar-refractivity contribution < 1.29 is 14.0 Å². The van der Waals surface area contributed by atoms with Crippen LogP contribution in [0.15, 0.2) is 12.1 Å². The molecule has 0 aromatic heterocycles. The van der Waals surface area contributed by atoms with E-state index in [4.69, 9.17) is 11.6 Å². The minimum atomic E-state index is -0.834. The molecule has 1 rings (SSSR count). The minimum absolute atomic E-state index is 0.0455. The summed E-state index contributed by atoms with van der Waals surface area (Å²) >= 11 is 5.48. The van der Waals surface area contributed by atoms with Crippen molar-refractivity contribution >= 4 is 23.7 Å². The Hall–Kier alpha value is -1.22. The van der Waals surface area contributed by atoms with Crippen LogP contribution in [0, 0.1) is 5.82 Å². The maximum absolute atomic E-state index is 13.2. The van der Waals surface area contributed by atoms with Crippen molar-refractivity contribution in [3.63, 3.8) is 0 Å². The largest absolute Gasteiger partial charge is 0.298 e. The molecule has 0 atom stereocenters. The second-order valence-electron chi connectivity index (χ2n) is 2.50. The normalized spacial score (nSPS) is 9.77.